The number of nitrogens with zero attached hydrogens (tertiary/aromatic N) is 2. The number of furan rings is 1. The van der Waals surface area contributed by atoms with Crippen molar-refractivity contribution in [3.05, 3.63) is 24.3 Å². The molecule has 0 aliphatic heterocycles. The maximum atomic E-state index is 6.16. The van der Waals surface area contributed by atoms with Gasteiger partial charge in [0.2, 0.25) is 11.7 Å². The lowest BCUT2D eigenvalue weighted by molar-refractivity contribution is 0.267. The van der Waals surface area contributed by atoms with Crippen molar-refractivity contribution in [1.29, 1.82) is 0 Å². The molecule has 5 nitrogen and oxygen atoms in total. The molecule has 0 saturated carbocycles. The van der Waals surface area contributed by atoms with Gasteiger partial charge in [-0.25, -0.2) is 0 Å². The minimum absolute atomic E-state index is 0.441. The van der Waals surface area contributed by atoms with Crippen LogP contribution in [-0.4, -0.2) is 10.1 Å². The molecule has 2 heterocycles. The molecule has 2 N–H and O–H groups in total. The molecule has 0 aromatic carbocycles. The summed E-state index contributed by atoms with van der Waals surface area (Å²) in [6.45, 7) is 4.00. The molecule has 0 amide bonds. The van der Waals surface area contributed by atoms with Gasteiger partial charge in [0, 0.05) is 0 Å². The second-order valence-electron chi connectivity index (χ2n) is 3.76. The molecule has 0 bridgehead atoms. The Morgan fingerprint density at radius 2 is 2.12 bits per heavy atom. The predicted molar refractivity (Wildman–Crippen MR) is 58.4 cm³/mol. The highest BCUT2D eigenvalue weighted by molar-refractivity contribution is 5.44. The van der Waals surface area contributed by atoms with Gasteiger partial charge >= 0.3 is 0 Å². The van der Waals surface area contributed by atoms with Gasteiger partial charge in [-0.15, -0.1) is 0 Å². The van der Waals surface area contributed by atoms with Gasteiger partial charge in [0.25, 0.3) is 0 Å². The molecule has 0 radical (unpaired) electrons. The number of nitrogens with two attached hydrogens (primary N) is 1. The van der Waals surface area contributed by atoms with Crippen LogP contribution in [0.1, 0.15) is 32.6 Å². The third-order valence-electron chi connectivity index (χ3n) is 2.86. The summed E-state index contributed by atoms with van der Waals surface area (Å²) in [5, 5.41) is 3.86. The summed E-state index contributed by atoms with van der Waals surface area (Å²) in [6, 6.07) is 3.56. The summed E-state index contributed by atoms with van der Waals surface area (Å²) in [6.07, 6.45) is 3.08. The molecule has 86 valence electrons. The van der Waals surface area contributed by atoms with E-state index < -0.39 is 5.54 Å². The van der Waals surface area contributed by atoms with Crippen LogP contribution in [0.5, 0.6) is 0 Å². The van der Waals surface area contributed by atoms with Crippen molar-refractivity contribution in [3.8, 4) is 11.6 Å². The third kappa shape index (κ3) is 1.74. The first-order valence-corrected chi connectivity index (χ1v) is 5.36. The number of rotatable bonds is 4. The van der Waals surface area contributed by atoms with Gasteiger partial charge < -0.3 is 14.7 Å². The Hall–Kier alpha value is -1.62. The maximum Gasteiger partial charge on any atom is 0.247 e. The molecule has 2 aromatic rings. The van der Waals surface area contributed by atoms with Gasteiger partial charge in [-0.3, -0.25) is 0 Å². The fourth-order valence-electron chi connectivity index (χ4n) is 1.48. The molecule has 0 aliphatic rings. The van der Waals surface area contributed by atoms with Crippen LogP contribution in [0, 0.1) is 0 Å². The first kappa shape index (κ1) is 10.9. The normalized spacial score (nSPS) is 11.9. The highest BCUT2D eigenvalue weighted by atomic mass is 16.5. The molecular formula is C11H15N3O2. The zero-order chi connectivity index (χ0) is 11.6. The Labute approximate surface area is 93.6 Å². The van der Waals surface area contributed by atoms with E-state index in [1.165, 1.54) is 0 Å². The molecule has 0 unspecified atom stereocenters. The molecule has 16 heavy (non-hydrogen) atoms. The quantitative estimate of drug-likeness (QED) is 0.857. The van der Waals surface area contributed by atoms with Crippen molar-refractivity contribution in [2.45, 2.75) is 32.2 Å². The molecule has 0 fully saturated rings. The van der Waals surface area contributed by atoms with E-state index >= 15 is 0 Å². The van der Waals surface area contributed by atoms with Gasteiger partial charge in [0.05, 0.1) is 11.8 Å². The molecule has 5 heteroatoms. The summed E-state index contributed by atoms with van der Waals surface area (Å²) < 4.78 is 10.4. The van der Waals surface area contributed by atoms with Crippen LogP contribution in [0.2, 0.25) is 0 Å². The second-order valence-corrected chi connectivity index (χ2v) is 3.76. The van der Waals surface area contributed by atoms with Crippen molar-refractivity contribution in [2.75, 3.05) is 0 Å². The lowest BCUT2D eigenvalue weighted by Gasteiger charge is -2.20. The summed E-state index contributed by atoms with van der Waals surface area (Å²) >= 11 is 0. The minimum atomic E-state index is -0.544. The van der Waals surface area contributed by atoms with Crippen molar-refractivity contribution in [3.63, 3.8) is 0 Å². The van der Waals surface area contributed by atoms with Crippen LogP contribution in [-0.2, 0) is 5.54 Å². The Morgan fingerprint density at radius 3 is 2.69 bits per heavy atom. The molecule has 0 aliphatic carbocycles. The lowest BCUT2D eigenvalue weighted by atomic mass is 9.94. The van der Waals surface area contributed by atoms with E-state index in [1.54, 1.807) is 18.4 Å². The van der Waals surface area contributed by atoms with Gasteiger partial charge in [0.15, 0.2) is 5.76 Å². The largest absolute Gasteiger partial charge is 0.461 e. The molecule has 0 atom stereocenters. The summed E-state index contributed by atoms with van der Waals surface area (Å²) in [5.41, 5.74) is 5.61. The van der Waals surface area contributed by atoms with Crippen LogP contribution >= 0.6 is 0 Å². The van der Waals surface area contributed by atoms with Gasteiger partial charge in [-0.05, 0) is 25.0 Å². The molecule has 2 aromatic heterocycles. The summed E-state index contributed by atoms with van der Waals surface area (Å²) in [5.74, 6) is 1.49. The van der Waals surface area contributed by atoms with Gasteiger partial charge in [-0.1, -0.05) is 19.0 Å². The van der Waals surface area contributed by atoms with Crippen LogP contribution in [0.25, 0.3) is 11.6 Å². The van der Waals surface area contributed by atoms with E-state index in [-0.39, 0.29) is 0 Å². The zero-order valence-electron chi connectivity index (χ0n) is 9.43. The van der Waals surface area contributed by atoms with E-state index in [4.69, 9.17) is 14.7 Å². The molecule has 2 rings (SSSR count). The van der Waals surface area contributed by atoms with E-state index in [0.717, 1.165) is 12.8 Å². The standard InChI is InChI=1S/C11H15N3O2/c1-3-11(12,4-2)10-13-9(14-16-10)8-6-5-7-15-8/h5-7H,3-4,12H2,1-2H3. The zero-order valence-corrected chi connectivity index (χ0v) is 9.43. The highest BCUT2D eigenvalue weighted by Crippen LogP contribution is 2.26. The van der Waals surface area contributed by atoms with Crippen LogP contribution in [0.4, 0.5) is 0 Å². The molecule has 0 saturated heterocycles. The maximum absolute atomic E-state index is 6.16. The van der Waals surface area contributed by atoms with Crippen molar-refractivity contribution >= 4 is 0 Å². The Kier molecular flexibility index (Phi) is 2.78. The first-order valence-electron chi connectivity index (χ1n) is 5.36. The predicted octanol–water partition coefficient (Wildman–Crippen LogP) is 2.30. The average Bonchev–Trinajstić information content (AvgIpc) is 2.97. The van der Waals surface area contributed by atoms with Crippen molar-refractivity contribution in [1.82, 2.24) is 10.1 Å². The first-order chi connectivity index (χ1) is 7.69. The Balaban J connectivity index is 2.33. The number of hydrogen-bond acceptors (Lipinski definition) is 5. The van der Waals surface area contributed by atoms with E-state index in [9.17, 15) is 0 Å². The van der Waals surface area contributed by atoms with E-state index in [0.29, 0.717) is 17.5 Å². The minimum Gasteiger partial charge on any atom is -0.461 e. The Bertz CT molecular complexity index is 444. The summed E-state index contributed by atoms with van der Waals surface area (Å²) in [4.78, 5) is 4.27. The smallest absolute Gasteiger partial charge is 0.247 e. The summed E-state index contributed by atoms with van der Waals surface area (Å²) in [7, 11) is 0. The van der Waals surface area contributed by atoms with Crippen molar-refractivity contribution < 1.29 is 8.94 Å². The Morgan fingerprint density at radius 1 is 1.38 bits per heavy atom. The lowest BCUT2D eigenvalue weighted by Crippen LogP contribution is -2.35. The molecule has 0 spiro atoms. The number of aromatic nitrogens is 2. The fourth-order valence-corrected chi connectivity index (χ4v) is 1.48. The van der Waals surface area contributed by atoms with E-state index in [1.807, 2.05) is 13.8 Å². The second kappa shape index (κ2) is 4.09. The topological polar surface area (TPSA) is 78.1 Å². The third-order valence-corrected chi connectivity index (χ3v) is 2.86. The fraction of sp³-hybridized carbons (Fsp3) is 0.455. The van der Waals surface area contributed by atoms with Crippen LogP contribution < -0.4 is 5.73 Å². The van der Waals surface area contributed by atoms with E-state index in [2.05, 4.69) is 10.1 Å². The van der Waals surface area contributed by atoms with Gasteiger partial charge in [0.1, 0.15) is 0 Å². The van der Waals surface area contributed by atoms with Crippen LogP contribution in [0.3, 0.4) is 0 Å². The number of hydrogen-bond donors (Lipinski definition) is 1. The monoisotopic (exact) mass is 221 g/mol. The average molecular weight is 221 g/mol. The van der Waals surface area contributed by atoms with Gasteiger partial charge in [-0.2, -0.15) is 4.98 Å². The van der Waals surface area contributed by atoms with Crippen molar-refractivity contribution in [2.24, 2.45) is 5.73 Å². The SMILES string of the molecule is CCC(N)(CC)c1nc(-c2ccco2)no1. The molecular weight excluding hydrogens is 206 g/mol. The highest BCUT2D eigenvalue weighted by Gasteiger charge is 2.30. The van der Waals surface area contributed by atoms with Crippen LogP contribution in [0.15, 0.2) is 27.3 Å².